The van der Waals surface area contributed by atoms with Crippen LogP contribution in [-0.4, -0.2) is 32.7 Å². The smallest absolute Gasteiger partial charge is 0.224 e. The highest BCUT2D eigenvalue weighted by Crippen LogP contribution is 2.19. The minimum absolute atomic E-state index is 0.0298. The second kappa shape index (κ2) is 8.53. The summed E-state index contributed by atoms with van der Waals surface area (Å²) in [6.45, 7) is 6.59. The van der Waals surface area contributed by atoms with E-state index >= 15 is 0 Å². The molecule has 0 radical (unpaired) electrons. The van der Waals surface area contributed by atoms with E-state index in [1.807, 2.05) is 25.1 Å². The maximum atomic E-state index is 11.8. The molecule has 1 rings (SSSR count). The van der Waals surface area contributed by atoms with Gasteiger partial charge in [0, 0.05) is 18.7 Å². The van der Waals surface area contributed by atoms with Crippen LogP contribution < -0.4 is 15.4 Å². The Balaban J connectivity index is 2.41. The Kier molecular flexibility index (Phi) is 6.97. The monoisotopic (exact) mass is 264 g/mol. The number of amides is 1. The van der Waals surface area contributed by atoms with Gasteiger partial charge in [0.15, 0.2) is 0 Å². The Morgan fingerprint density at radius 1 is 1.26 bits per heavy atom. The number of aryl methyl sites for hydroxylation is 1. The fourth-order valence-corrected chi connectivity index (χ4v) is 1.87. The zero-order chi connectivity index (χ0) is 14.1. The molecule has 4 nitrogen and oxygen atoms in total. The van der Waals surface area contributed by atoms with Crippen LogP contribution in [0.25, 0.3) is 0 Å². The van der Waals surface area contributed by atoms with Crippen molar-refractivity contribution in [2.45, 2.75) is 26.7 Å². The largest absolute Gasteiger partial charge is 0.496 e. The van der Waals surface area contributed by atoms with E-state index in [2.05, 4.69) is 17.6 Å². The number of carbonyl (C=O) groups is 1. The highest BCUT2D eigenvalue weighted by Gasteiger charge is 2.08. The molecule has 0 saturated carbocycles. The summed E-state index contributed by atoms with van der Waals surface area (Å²) < 4.78 is 5.27. The van der Waals surface area contributed by atoms with Crippen LogP contribution in [0.2, 0.25) is 0 Å². The van der Waals surface area contributed by atoms with Crippen molar-refractivity contribution in [2.75, 3.05) is 26.7 Å². The van der Waals surface area contributed by atoms with Gasteiger partial charge in [0.25, 0.3) is 0 Å². The quantitative estimate of drug-likeness (QED) is 0.702. The van der Waals surface area contributed by atoms with E-state index in [-0.39, 0.29) is 5.91 Å². The molecule has 0 aliphatic carbocycles. The van der Waals surface area contributed by atoms with Gasteiger partial charge in [0.2, 0.25) is 5.91 Å². The molecule has 19 heavy (non-hydrogen) atoms. The van der Waals surface area contributed by atoms with Crippen molar-refractivity contribution in [3.05, 3.63) is 29.3 Å². The number of benzene rings is 1. The lowest BCUT2D eigenvalue weighted by atomic mass is 10.1. The van der Waals surface area contributed by atoms with E-state index in [0.717, 1.165) is 36.4 Å². The molecular weight excluding hydrogens is 240 g/mol. The highest BCUT2D eigenvalue weighted by atomic mass is 16.5. The predicted molar refractivity (Wildman–Crippen MR) is 77.6 cm³/mol. The van der Waals surface area contributed by atoms with Crippen molar-refractivity contribution in [2.24, 2.45) is 0 Å². The summed E-state index contributed by atoms with van der Waals surface area (Å²) in [6.07, 6.45) is 1.47. The first-order valence-corrected chi connectivity index (χ1v) is 6.78. The number of hydrogen-bond donors (Lipinski definition) is 2. The van der Waals surface area contributed by atoms with Gasteiger partial charge in [-0.2, -0.15) is 0 Å². The van der Waals surface area contributed by atoms with E-state index in [9.17, 15) is 4.79 Å². The third-order valence-corrected chi connectivity index (χ3v) is 2.84. The maximum absolute atomic E-state index is 11.8. The molecule has 1 aromatic carbocycles. The van der Waals surface area contributed by atoms with Crippen LogP contribution in [0.3, 0.4) is 0 Å². The summed E-state index contributed by atoms with van der Waals surface area (Å²) in [5, 5.41) is 6.15. The van der Waals surface area contributed by atoms with Crippen molar-refractivity contribution in [3.63, 3.8) is 0 Å². The summed E-state index contributed by atoms with van der Waals surface area (Å²) in [6, 6.07) is 5.88. The Bertz CT molecular complexity index is 405. The standard InChI is InChI=1S/C15H24N2O2/c1-4-7-16-8-9-17-15(18)11-13-10-12(2)5-6-14(13)19-3/h5-6,10,16H,4,7-9,11H2,1-3H3,(H,17,18). The lowest BCUT2D eigenvalue weighted by Gasteiger charge is -2.10. The summed E-state index contributed by atoms with van der Waals surface area (Å²) in [5.74, 6) is 0.798. The molecule has 0 spiro atoms. The first-order chi connectivity index (χ1) is 9.17. The van der Waals surface area contributed by atoms with Gasteiger partial charge in [-0.15, -0.1) is 0 Å². The second-order valence-electron chi connectivity index (χ2n) is 4.59. The molecule has 0 aromatic heterocycles. The lowest BCUT2D eigenvalue weighted by molar-refractivity contribution is -0.120. The van der Waals surface area contributed by atoms with Crippen LogP contribution in [0.4, 0.5) is 0 Å². The number of carbonyl (C=O) groups excluding carboxylic acids is 1. The molecule has 0 saturated heterocycles. The van der Waals surface area contributed by atoms with E-state index in [1.54, 1.807) is 7.11 Å². The van der Waals surface area contributed by atoms with Gasteiger partial charge in [-0.1, -0.05) is 24.6 Å². The number of hydrogen-bond acceptors (Lipinski definition) is 3. The molecule has 0 heterocycles. The molecule has 1 amide bonds. The molecule has 0 fully saturated rings. The molecule has 0 aliphatic rings. The van der Waals surface area contributed by atoms with Crippen molar-refractivity contribution >= 4 is 5.91 Å². The van der Waals surface area contributed by atoms with E-state index < -0.39 is 0 Å². The van der Waals surface area contributed by atoms with Crippen LogP contribution in [-0.2, 0) is 11.2 Å². The molecule has 2 N–H and O–H groups in total. The SMILES string of the molecule is CCCNCCNC(=O)Cc1cc(C)ccc1OC. The summed E-state index contributed by atoms with van der Waals surface area (Å²) in [7, 11) is 1.63. The van der Waals surface area contributed by atoms with Gasteiger partial charge < -0.3 is 15.4 Å². The summed E-state index contributed by atoms with van der Waals surface area (Å²) >= 11 is 0. The minimum Gasteiger partial charge on any atom is -0.496 e. The molecular formula is C15H24N2O2. The van der Waals surface area contributed by atoms with Gasteiger partial charge in [0.05, 0.1) is 13.5 Å². The Morgan fingerprint density at radius 2 is 2.05 bits per heavy atom. The summed E-state index contributed by atoms with van der Waals surface area (Å²) in [5.41, 5.74) is 2.06. The van der Waals surface area contributed by atoms with Crippen molar-refractivity contribution in [3.8, 4) is 5.75 Å². The van der Waals surface area contributed by atoms with Crippen LogP contribution in [0.1, 0.15) is 24.5 Å². The van der Waals surface area contributed by atoms with Gasteiger partial charge in [-0.25, -0.2) is 0 Å². The number of methoxy groups -OCH3 is 1. The molecule has 0 aliphatic heterocycles. The molecule has 4 heteroatoms. The molecule has 0 atom stereocenters. The highest BCUT2D eigenvalue weighted by molar-refractivity contribution is 5.79. The van der Waals surface area contributed by atoms with E-state index in [4.69, 9.17) is 4.74 Å². The molecule has 0 unspecified atom stereocenters. The molecule has 106 valence electrons. The minimum atomic E-state index is 0.0298. The predicted octanol–water partition coefficient (Wildman–Crippen LogP) is 1.66. The fraction of sp³-hybridized carbons (Fsp3) is 0.533. The average molecular weight is 264 g/mol. The van der Waals surface area contributed by atoms with Crippen molar-refractivity contribution < 1.29 is 9.53 Å². The van der Waals surface area contributed by atoms with Gasteiger partial charge in [-0.05, 0) is 26.0 Å². The van der Waals surface area contributed by atoms with Crippen LogP contribution in [0.15, 0.2) is 18.2 Å². The number of nitrogens with one attached hydrogen (secondary N) is 2. The third kappa shape index (κ3) is 5.75. The van der Waals surface area contributed by atoms with Crippen LogP contribution in [0.5, 0.6) is 5.75 Å². The van der Waals surface area contributed by atoms with Crippen LogP contribution in [0, 0.1) is 6.92 Å². The van der Waals surface area contributed by atoms with Gasteiger partial charge in [0.1, 0.15) is 5.75 Å². The first-order valence-electron chi connectivity index (χ1n) is 6.78. The molecule has 1 aromatic rings. The van der Waals surface area contributed by atoms with E-state index in [1.165, 1.54) is 0 Å². The second-order valence-corrected chi connectivity index (χ2v) is 4.59. The van der Waals surface area contributed by atoms with Gasteiger partial charge in [-0.3, -0.25) is 4.79 Å². The zero-order valence-corrected chi connectivity index (χ0v) is 12.1. The summed E-state index contributed by atoms with van der Waals surface area (Å²) in [4.78, 5) is 11.8. The van der Waals surface area contributed by atoms with E-state index in [0.29, 0.717) is 13.0 Å². The van der Waals surface area contributed by atoms with Crippen LogP contribution >= 0.6 is 0 Å². The topological polar surface area (TPSA) is 50.4 Å². The fourth-order valence-electron chi connectivity index (χ4n) is 1.87. The number of rotatable bonds is 8. The third-order valence-electron chi connectivity index (χ3n) is 2.84. The Morgan fingerprint density at radius 3 is 2.74 bits per heavy atom. The van der Waals surface area contributed by atoms with Crippen molar-refractivity contribution in [1.29, 1.82) is 0 Å². The Hall–Kier alpha value is -1.55. The van der Waals surface area contributed by atoms with Gasteiger partial charge >= 0.3 is 0 Å². The average Bonchev–Trinajstić information content (AvgIpc) is 2.39. The normalized spacial score (nSPS) is 10.3. The first kappa shape index (κ1) is 15.5. The zero-order valence-electron chi connectivity index (χ0n) is 12.1. The number of ether oxygens (including phenoxy) is 1. The van der Waals surface area contributed by atoms with Crippen molar-refractivity contribution in [1.82, 2.24) is 10.6 Å². The molecule has 0 bridgehead atoms. The lowest BCUT2D eigenvalue weighted by Crippen LogP contribution is -2.33. The maximum Gasteiger partial charge on any atom is 0.224 e. The Labute approximate surface area is 115 Å².